The van der Waals surface area contributed by atoms with Gasteiger partial charge in [0.15, 0.2) is 5.65 Å². The predicted octanol–water partition coefficient (Wildman–Crippen LogP) is 1.92. The first-order valence-corrected chi connectivity index (χ1v) is 5.01. The SMILES string of the molecule is Brc1ccnc2c1nnn2C1CC1. The van der Waals surface area contributed by atoms with Crippen LogP contribution in [0.2, 0.25) is 0 Å². The summed E-state index contributed by atoms with van der Waals surface area (Å²) in [7, 11) is 0. The minimum atomic E-state index is 0.534. The summed E-state index contributed by atoms with van der Waals surface area (Å²) in [5.41, 5.74) is 1.74. The van der Waals surface area contributed by atoms with Gasteiger partial charge >= 0.3 is 0 Å². The molecule has 13 heavy (non-hydrogen) atoms. The minimum Gasteiger partial charge on any atom is -0.235 e. The van der Waals surface area contributed by atoms with Crippen molar-refractivity contribution in [3.05, 3.63) is 16.7 Å². The van der Waals surface area contributed by atoms with Crippen molar-refractivity contribution >= 4 is 27.1 Å². The lowest BCUT2D eigenvalue weighted by molar-refractivity contribution is 0.625. The fourth-order valence-electron chi connectivity index (χ4n) is 1.38. The van der Waals surface area contributed by atoms with E-state index in [2.05, 4.69) is 31.2 Å². The molecule has 0 spiro atoms. The molecule has 2 aromatic heterocycles. The summed E-state index contributed by atoms with van der Waals surface area (Å²) in [5, 5.41) is 8.18. The first-order chi connectivity index (χ1) is 6.36. The fraction of sp³-hybridized carbons (Fsp3) is 0.375. The Labute approximate surface area is 83.1 Å². The van der Waals surface area contributed by atoms with Crippen LogP contribution in [0.1, 0.15) is 18.9 Å². The first-order valence-electron chi connectivity index (χ1n) is 4.21. The Morgan fingerprint density at radius 2 is 2.31 bits per heavy atom. The van der Waals surface area contributed by atoms with Crippen molar-refractivity contribution in [2.75, 3.05) is 0 Å². The van der Waals surface area contributed by atoms with Gasteiger partial charge in [0.1, 0.15) is 5.52 Å². The number of nitrogens with zero attached hydrogens (tertiary/aromatic N) is 4. The van der Waals surface area contributed by atoms with Gasteiger partial charge in [-0.3, -0.25) is 0 Å². The van der Waals surface area contributed by atoms with Crippen LogP contribution in [0.15, 0.2) is 16.7 Å². The Balaban J connectivity index is 2.32. The molecule has 66 valence electrons. The number of hydrogen-bond donors (Lipinski definition) is 0. The van der Waals surface area contributed by atoms with Crippen LogP contribution in [0.5, 0.6) is 0 Å². The Hall–Kier alpha value is -0.970. The van der Waals surface area contributed by atoms with Gasteiger partial charge in [0, 0.05) is 6.20 Å². The number of fused-ring (bicyclic) bond motifs is 1. The minimum absolute atomic E-state index is 0.534. The van der Waals surface area contributed by atoms with Crippen LogP contribution in [-0.2, 0) is 0 Å². The molecule has 0 amide bonds. The Kier molecular flexibility index (Phi) is 1.44. The Morgan fingerprint density at radius 1 is 1.46 bits per heavy atom. The average Bonchev–Trinajstić information content (AvgIpc) is 2.87. The van der Waals surface area contributed by atoms with E-state index in [-0.39, 0.29) is 0 Å². The molecule has 5 heteroatoms. The van der Waals surface area contributed by atoms with Gasteiger partial charge in [-0.15, -0.1) is 5.10 Å². The second-order valence-corrected chi connectivity index (χ2v) is 4.08. The van der Waals surface area contributed by atoms with Gasteiger partial charge < -0.3 is 0 Å². The highest BCUT2D eigenvalue weighted by Gasteiger charge is 2.27. The number of rotatable bonds is 1. The van der Waals surface area contributed by atoms with Crippen LogP contribution in [0.3, 0.4) is 0 Å². The molecule has 1 aliphatic rings. The molecular formula is C8H7BrN4. The molecule has 0 unspecified atom stereocenters. The molecule has 1 aliphatic carbocycles. The zero-order valence-corrected chi connectivity index (χ0v) is 8.40. The fourth-order valence-corrected chi connectivity index (χ4v) is 1.76. The molecule has 2 aromatic rings. The van der Waals surface area contributed by atoms with E-state index in [9.17, 15) is 0 Å². The molecule has 0 atom stereocenters. The lowest BCUT2D eigenvalue weighted by atomic mass is 10.4. The van der Waals surface area contributed by atoms with Crippen molar-refractivity contribution in [3.63, 3.8) is 0 Å². The summed E-state index contributed by atoms with van der Waals surface area (Å²) in [6.07, 6.45) is 4.17. The average molecular weight is 239 g/mol. The number of halogens is 1. The third kappa shape index (κ3) is 1.07. The maximum Gasteiger partial charge on any atom is 0.179 e. The largest absolute Gasteiger partial charge is 0.235 e. The normalized spacial score (nSPS) is 16.7. The van der Waals surface area contributed by atoms with Crippen molar-refractivity contribution in [1.29, 1.82) is 0 Å². The van der Waals surface area contributed by atoms with Gasteiger partial charge in [-0.05, 0) is 34.8 Å². The predicted molar refractivity (Wildman–Crippen MR) is 51.3 cm³/mol. The third-order valence-corrected chi connectivity index (χ3v) is 2.85. The molecule has 0 radical (unpaired) electrons. The van der Waals surface area contributed by atoms with E-state index in [4.69, 9.17) is 0 Å². The van der Waals surface area contributed by atoms with Gasteiger partial charge in [-0.25, -0.2) is 9.67 Å². The van der Waals surface area contributed by atoms with Gasteiger partial charge in [0.25, 0.3) is 0 Å². The molecule has 0 N–H and O–H groups in total. The molecular weight excluding hydrogens is 232 g/mol. The lowest BCUT2D eigenvalue weighted by Gasteiger charge is -1.96. The van der Waals surface area contributed by atoms with Crippen molar-refractivity contribution in [3.8, 4) is 0 Å². The zero-order valence-electron chi connectivity index (χ0n) is 6.81. The molecule has 0 saturated heterocycles. The van der Waals surface area contributed by atoms with Crippen LogP contribution in [-0.4, -0.2) is 20.0 Å². The van der Waals surface area contributed by atoms with E-state index in [1.165, 1.54) is 12.8 Å². The van der Waals surface area contributed by atoms with Crippen molar-refractivity contribution in [2.45, 2.75) is 18.9 Å². The summed E-state index contributed by atoms with van der Waals surface area (Å²) >= 11 is 3.42. The van der Waals surface area contributed by atoms with Gasteiger partial charge in [-0.2, -0.15) is 0 Å². The second kappa shape index (κ2) is 2.51. The van der Waals surface area contributed by atoms with E-state index in [1.807, 2.05) is 10.7 Å². The van der Waals surface area contributed by atoms with Crippen LogP contribution in [0.25, 0.3) is 11.2 Å². The number of hydrogen-bond acceptors (Lipinski definition) is 3. The monoisotopic (exact) mass is 238 g/mol. The molecule has 1 saturated carbocycles. The van der Waals surface area contributed by atoms with Gasteiger partial charge in [0.2, 0.25) is 0 Å². The van der Waals surface area contributed by atoms with Crippen molar-refractivity contribution < 1.29 is 0 Å². The van der Waals surface area contributed by atoms with Crippen LogP contribution in [0, 0.1) is 0 Å². The maximum atomic E-state index is 4.27. The second-order valence-electron chi connectivity index (χ2n) is 3.23. The van der Waals surface area contributed by atoms with Gasteiger partial charge in [-0.1, -0.05) is 5.21 Å². The standard InChI is InChI=1S/C8H7BrN4/c9-6-3-4-10-8-7(6)11-12-13(8)5-1-2-5/h3-5H,1-2H2. The molecule has 2 heterocycles. The summed E-state index contributed by atoms with van der Waals surface area (Å²) in [6, 6.07) is 2.42. The van der Waals surface area contributed by atoms with E-state index in [0.717, 1.165) is 15.6 Å². The van der Waals surface area contributed by atoms with E-state index < -0.39 is 0 Å². The molecule has 0 aliphatic heterocycles. The Bertz CT molecular complexity index is 460. The summed E-state index contributed by atoms with van der Waals surface area (Å²) in [6.45, 7) is 0. The highest BCUT2D eigenvalue weighted by molar-refractivity contribution is 9.10. The van der Waals surface area contributed by atoms with Gasteiger partial charge in [0.05, 0.1) is 10.5 Å². The summed E-state index contributed by atoms with van der Waals surface area (Å²) in [4.78, 5) is 4.27. The lowest BCUT2D eigenvalue weighted by Crippen LogP contribution is -1.96. The summed E-state index contributed by atoms with van der Waals surface area (Å²) in [5.74, 6) is 0. The quantitative estimate of drug-likeness (QED) is 0.763. The van der Waals surface area contributed by atoms with E-state index >= 15 is 0 Å². The molecule has 0 aromatic carbocycles. The topological polar surface area (TPSA) is 43.6 Å². The highest BCUT2D eigenvalue weighted by atomic mass is 79.9. The van der Waals surface area contributed by atoms with Crippen LogP contribution >= 0.6 is 15.9 Å². The van der Waals surface area contributed by atoms with E-state index in [0.29, 0.717) is 6.04 Å². The van der Waals surface area contributed by atoms with Crippen molar-refractivity contribution in [1.82, 2.24) is 20.0 Å². The molecule has 4 nitrogen and oxygen atoms in total. The van der Waals surface area contributed by atoms with Crippen molar-refractivity contribution in [2.24, 2.45) is 0 Å². The molecule has 0 bridgehead atoms. The number of aromatic nitrogens is 4. The highest BCUT2D eigenvalue weighted by Crippen LogP contribution is 2.36. The number of pyridine rings is 1. The third-order valence-electron chi connectivity index (χ3n) is 2.21. The Morgan fingerprint density at radius 3 is 3.08 bits per heavy atom. The zero-order chi connectivity index (χ0) is 8.84. The maximum absolute atomic E-state index is 4.27. The van der Waals surface area contributed by atoms with E-state index in [1.54, 1.807) is 6.20 Å². The summed E-state index contributed by atoms with van der Waals surface area (Å²) < 4.78 is 2.88. The molecule has 1 fully saturated rings. The first kappa shape index (κ1) is 7.44. The smallest absolute Gasteiger partial charge is 0.179 e. The van der Waals surface area contributed by atoms with Crippen LogP contribution < -0.4 is 0 Å². The molecule has 3 rings (SSSR count). The van der Waals surface area contributed by atoms with Crippen LogP contribution in [0.4, 0.5) is 0 Å².